The van der Waals surface area contributed by atoms with Crippen LogP contribution in [0.15, 0.2) is 18.2 Å². The third-order valence-electron chi connectivity index (χ3n) is 2.99. The fraction of sp³-hybridized carbons (Fsp3) is 0.571. The van der Waals surface area contributed by atoms with Crippen molar-refractivity contribution >= 4 is 11.6 Å². The molecule has 1 unspecified atom stereocenters. The van der Waals surface area contributed by atoms with Gasteiger partial charge in [-0.05, 0) is 50.6 Å². The summed E-state index contributed by atoms with van der Waals surface area (Å²) in [5, 5.41) is 14.3. The van der Waals surface area contributed by atoms with Gasteiger partial charge in [-0.3, -0.25) is 0 Å². The van der Waals surface area contributed by atoms with Crippen molar-refractivity contribution in [2.45, 2.75) is 32.3 Å². The molecule has 4 heteroatoms. The van der Waals surface area contributed by atoms with Gasteiger partial charge in [0.2, 0.25) is 0 Å². The van der Waals surface area contributed by atoms with Crippen molar-refractivity contribution in [2.24, 2.45) is 0 Å². The number of hydrogen-bond acceptors (Lipinski definition) is 3. The Balaban J connectivity index is 2.71. The maximum Gasteiger partial charge on any atom is 0.137 e. The number of methoxy groups -OCH3 is 1. The first-order chi connectivity index (χ1) is 8.51. The lowest BCUT2D eigenvalue weighted by atomic mass is 9.92. The van der Waals surface area contributed by atoms with E-state index < -0.39 is 5.60 Å². The zero-order chi connectivity index (χ0) is 13.6. The average molecular weight is 272 g/mol. The summed E-state index contributed by atoms with van der Waals surface area (Å²) in [6.45, 7) is 5.68. The van der Waals surface area contributed by atoms with E-state index in [0.717, 1.165) is 25.1 Å². The molecule has 0 saturated heterocycles. The third kappa shape index (κ3) is 4.16. The molecule has 0 radical (unpaired) electrons. The maximum absolute atomic E-state index is 10.5. The van der Waals surface area contributed by atoms with E-state index in [9.17, 15) is 5.11 Å². The van der Waals surface area contributed by atoms with Gasteiger partial charge < -0.3 is 15.2 Å². The van der Waals surface area contributed by atoms with E-state index in [1.807, 2.05) is 13.0 Å². The van der Waals surface area contributed by atoms with E-state index >= 15 is 0 Å². The fourth-order valence-corrected chi connectivity index (χ4v) is 1.97. The number of rotatable bonds is 7. The minimum Gasteiger partial charge on any atom is -0.495 e. The Kier molecular flexibility index (Phi) is 5.93. The standard InChI is InChI=1S/C14H22ClNO2/c1-4-8-16-9-7-14(2,17)11-5-6-12(15)13(10-11)18-3/h5-6,10,16-17H,4,7-9H2,1-3H3. The highest BCUT2D eigenvalue weighted by atomic mass is 35.5. The molecule has 1 rings (SSSR count). The van der Waals surface area contributed by atoms with Crippen molar-refractivity contribution < 1.29 is 9.84 Å². The van der Waals surface area contributed by atoms with Gasteiger partial charge in [0, 0.05) is 0 Å². The maximum atomic E-state index is 10.5. The lowest BCUT2D eigenvalue weighted by Gasteiger charge is -2.24. The normalized spacial score (nSPS) is 14.3. The minimum atomic E-state index is -0.876. The van der Waals surface area contributed by atoms with Crippen LogP contribution in [-0.4, -0.2) is 25.3 Å². The molecule has 1 atom stereocenters. The first kappa shape index (κ1) is 15.3. The van der Waals surface area contributed by atoms with Crippen LogP contribution in [0.25, 0.3) is 0 Å². The average Bonchev–Trinajstić information content (AvgIpc) is 2.35. The molecule has 1 aromatic carbocycles. The van der Waals surface area contributed by atoms with Gasteiger partial charge in [-0.15, -0.1) is 0 Å². The number of hydrogen-bond donors (Lipinski definition) is 2. The van der Waals surface area contributed by atoms with Gasteiger partial charge >= 0.3 is 0 Å². The van der Waals surface area contributed by atoms with Crippen molar-refractivity contribution in [2.75, 3.05) is 20.2 Å². The minimum absolute atomic E-state index is 0.557. The van der Waals surface area contributed by atoms with Crippen LogP contribution in [0.2, 0.25) is 5.02 Å². The largest absolute Gasteiger partial charge is 0.495 e. The van der Waals surface area contributed by atoms with Crippen LogP contribution < -0.4 is 10.1 Å². The predicted molar refractivity (Wildman–Crippen MR) is 75.4 cm³/mol. The smallest absolute Gasteiger partial charge is 0.137 e. The third-order valence-corrected chi connectivity index (χ3v) is 3.30. The summed E-state index contributed by atoms with van der Waals surface area (Å²) < 4.78 is 5.17. The molecular weight excluding hydrogens is 250 g/mol. The molecule has 0 aromatic heterocycles. The molecule has 3 nitrogen and oxygen atoms in total. The topological polar surface area (TPSA) is 41.5 Å². The summed E-state index contributed by atoms with van der Waals surface area (Å²) in [6.07, 6.45) is 1.74. The van der Waals surface area contributed by atoms with E-state index in [1.165, 1.54) is 0 Å². The van der Waals surface area contributed by atoms with Gasteiger partial charge in [-0.1, -0.05) is 24.6 Å². The molecule has 18 heavy (non-hydrogen) atoms. The Morgan fingerprint density at radius 2 is 2.11 bits per heavy atom. The van der Waals surface area contributed by atoms with Crippen molar-refractivity contribution in [3.05, 3.63) is 28.8 Å². The fourth-order valence-electron chi connectivity index (χ4n) is 1.77. The molecule has 0 aliphatic heterocycles. The first-order valence-electron chi connectivity index (χ1n) is 6.28. The van der Waals surface area contributed by atoms with Gasteiger partial charge in [-0.2, -0.15) is 0 Å². The van der Waals surface area contributed by atoms with E-state index in [0.29, 0.717) is 17.2 Å². The lowest BCUT2D eigenvalue weighted by Crippen LogP contribution is -2.28. The second kappa shape index (κ2) is 6.98. The highest BCUT2D eigenvalue weighted by Crippen LogP contribution is 2.31. The Morgan fingerprint density at radius 3 is 2.72 bits per heavy atom. The molecule has 0 aliphatic carbocycles. The zero-order valence-corrected chi connectivity index (χ0v) is 12.0. The summed E-state index contributed by atoms with van der Waals surface area (Å²) in [5.41, 5.74) is -0.0550. The van der Waals surface area contributed by atoms with E-state index in [1.54, 1.807) is 19.2 Å². The highest BCUT2D eigenvalue weighted by molar-refractivity contribution is 6.32. The van der Waals surface area contributed by atoms with E-state index in [4.69, 9.17) is 16.3 Å². The van der Waals surface area contributed by atoms with E-state index in [-0.39, 0.29) is 0 Å². The van der Waals surface area contributed by atoms with Crippen LogP contribution >= 0.6 is 11.6 Å². The van der Waals surface area contributed by atoms with Crippen LogP contribution in [-0.2, 0) is 5.60 Å². The van der Waals surface area contributed by atoms with Gasteiger partial charge in [0.15, 0.2) is 0 Å². The highest BCUT2D eigenvalue weighted by Gasteiger charge is 2.23. The van der Waals surface area contributed by atoms with Crippen molar-refractivity contribution in [1.29, 1.82) is 0 Å². The molecule has 2 N–H and O–H groups in total. The number of nitrogens with one attached hydrogen (secondary N) is 1. The summed E-state index contributed by atoms with van der Waals surface area (Å²) in [5.74, 6) is 0.593. The Hall–Kier alpha value is -0.770. The number of benzene rings is 1. The summed E-state index contributed by atoms with van der Waals surface area (Å²) in [7, 11) is 1.57. The van der Waals surface area contributed by atoms with Crippen molar-refractivity contribution in [3.8, 4) is 5.75 Å². The zero-order valence-electron chi connectivity index (χ0n) is 11.3. The molecule has 1 aromatic rings. The van der Waals surface area contributed by atoms with Gasteiger partial charge in [0.25, 0.3) is 0 Å². The van der Waals surface area contributed by atoms with Gasteiger partial charge in [-0.25, -0.2) is 0 Å². The quantitative estimate of drug-likeness (QED) is 0.749. The number of aliphatic hydroxyl groups is 1. The Morgan fingerprint density at radius 1 is 1.39 bits per heavy atom. The van der Waals surface area contributed by atoms with Crippen molar-refractivity contribution in [3.63, 3.8) is 0 Å². The molecule has 0 fully saturated rings. The summed E-state index contributed by atoms with van der Waals surface area (Å²) in [4.78, 5) is 0. The number of halogens is 1. The molecule has 0 heterocycles. The van der Waals surface area contributed by atoms with Gasteiger partial charge in [0.05, 0.1) is 17.7 Å². The van der Waals surface area contributed by atoms with E-state index in [2.05, 4.69) is 12.2 Å². The molecule has 102 valence electrons. The molecule has 0 spiro atoms. The van der Waals surface area contributed by atoms with Crippen LogP contribution in [0, 0.1) is 0 Å². The van der Waals surface area contributed by atoms with Crippen LogP contribution in [0.4, 0.5) is 0 Å². The predicted octanol–water partition coefficient (Wildman–Crippen LogP) is 2.95. The van der Waals surface area contributed by atoms with Crippen molar-refractivity contribution in [1.82, 2.24) is 5.32 Å². The second-order valence-corrected chi connectivity index (χ2v) is 5.03. The lowest BCUT2D eigenvalue weighted by molar-refractivity contribution is 0.0478. The Labute approximate surface area is 114 Å². The molecule has 0 bridgehead atoms. The summed E-state index contributed by atoms with van der Waals surface area (Å²) in [6, 6.07) is 5.39. The second-order valence-electron chi connectivity index (χ2n) is 4.62. The Bertz CT molecular complexity index is 380. The first-order valence-corrected chi connectivity index (χ1v) is 6.66. The van der Waals surface area contributed by atoms with Crippen LogP contribution in [0.3, 0.4) is 0 Å². The van der Waals surface area contributed by atoms with Crippen LogP contribution in [0.5, 0.6) is 5.75 Å². The molecule has 0 aliphatic rings. The number of ether oxygens (including phenoxy) is 1. The van der Waals surface area contributed by atoms with Crippen LogP contribution in [0.1, 0.15) is 32.3 Å². The molecule has 0 saturated carbocycles. The summed E-state index contributed by atoms with van der Waals surface area (Å²) >= 11 is 5.97. The SMILES string of the molecule is CCCNCCC(C)(O)c1ccc(Cl)c(OC)c1. The molecule has 0 amide bonds. The monoisotopic (exact) mass is 271 g/mol. The molecular formula is C14H22ClNO2. The van der Waals surface area contributed by atoms with Gasteiger partial charge in [0.1, 0.15) is 5.75 Å².